The fourth-order valence-corrected chi connectivity index (χ4v) is 2.04. The Morgan fingerprint density at radius 2 is 1.68 bits per heavy atom. The Kier molecular flexibility index (Phi) is 3.96. The van der Waals surface area contributed by atoms with Crippen molar-refractivity contribution in [2.24, 2.45) is 0 Å². The zero-order valence-corrected chi connectivity index (χ0v) is 11.0. The maximum absolute atomic E-state index is 13.2. The molecule has 0 saturated carbocycles. The molecule has 0 atom stereocenters. The van der Waals surface area contributed by atoms with Gasteiger partial charge >= 0.3 is 0 Å². The molecular formula is C15H11ClF2O. The molecule has 0 aliphatic rings. The zero-order valence-electron chi connectivity index (χ0n) is 10.2. The van der Waals surface area contributed by atoms with Gasteiger partial charge in [0.2, 0.25) is 0 Å². The third-order valence-electron chi connectivity index (χ3n) is 2.85. The Morgan fingerprint density at radius 1 is 1.11 bits per heavy atom. The Balaban J connectivity index is 2.43. The van der Waals surface area contributed by atoms with Crippen molar-refractivity contribution < 1.29 is 13.6 Å². The summed E-state index contributed by atoms with van der Waals surface area (Å²) in [4.78, 5) is 11.5. The van der Waals surface area contributed by atoms with Crippen molar-refractivity contribution in [3.8, 4) is 11.1 Å². The Morgan fingerprint density at radius 3 is 2.26 bits per heavy atom. The second kappa shape index (κ2) is 5.49. The topological polar surface area (TPSA) is 17.1 Å². The number of halogens is 3. The summed E-state index contributed by atoms with van der Waals surface area (Å²) in [5.74, 6) is -1.90. The summed E-state index contributed by atoms with van der Waals surface area (Å²) in [6, 6.07) is 8.63. The van der Waals surface area contributed by atoms with Crippen molar-refractivity contribution >= 4 is 17.4 Å². The smallest absolute Gasteiger partial charge is 0.162 e. The molecule has 0 fully saturated rings. The van der Waals surface area contributed by atoms with Crippen molar-refractivity contribution in [1.29, 1.82) is 0 Å². The quantitative estimate of drug-likeness (QED) is 0.578. The number of ketones is 1. The largest absolute Gasteiger partial charge is 0.294 e. The van der Waals surface area contributed by atoms with Crippen molar-refractivity contribution in [3.05, 3.63) is 58.6 Å². The van der Waals surface area contributed by atoms with Crippen LogP contribution in [-0.4, -0.2) is 5.78 Å². The van der Waals surface area contributed by atoms with Crippen LogP contribution in [0.1, 0.15) is 23.7 Å². The summed E-state index contributed by atoms with van der Waals surface area (Å²) < 4.78 is 26.2. The van der Waals surface area contributed by atoms with Crippen LogP contribution in [0.15, 0.2) is 36.4 Å². The number of rotatable bonds is 3. The summed E-state index contributed by atoms with van der Waals surface area (Å²) in [5.41, 5.74) is 1.62. The van der Waals surface area contributed by atoms with Gasteiger partial charge in [0.15, 0.2) is 17.4 Å². The van der Waals surface area contributed by atoms with Crippen LogP contribution in [-0.2, 0) is 0 Å². The lowest BCUT2D eigenvalue weighted by Crippen LogP contribution is -1.96. The van der Waals surface area contributed by atoms with Crippen LogP contribution in [0, 0.1) is 11.6 Å². The van der Waals surface area contributed by atoms with Gasteiger partial charge in [-0.05, 0) is 17.7 Å². The minimum Gasteiger partial charge on any atom is -0.294 e. The molecule has 1 nitrogen and oxygen atoms in total. The number of Topliss-reactive ketones (excluding diaryl/α,β-unsaturated/α-hetero) is 1. The van der Waals surface area contributed by atoms with Crippen LogP contribution in [0.4, 0.5) is 8.78 Å². The van der Waals surface area contributed by atoms with E-state index in [1.54, 1.807) is 31.2 Å². The van der Waals surface area contributed by atoms with Crippen molar-refractivity contribution in [2.75, 3.05) is 0 Å². The molecule has 0 spiro atoms. The molecule has 19 heavy (non-hydrogen) atoms. The predicted octanol–water partition coefficient (Wildman–Crippen LogP) is 4.88. The fourth-order valence-electron chi connectivity index (χ4n) is 1.78. The summed E-state index contributed by atoms with van der Waals surface area (Å²) in [7, 11) is 0. The lowest BCUT2D eigenvalue weighted by Gasteiger charge is -2.06. The van der Waals surface area contributed by atoms with E-state index in [-0.39, 0.29) is 10.8 Å². The molecule has 4 heteroatoms. The molecule has 0 bridgehead atoms. The fraction of sp³-hybridized carbons (Fsp3) is 0.133. The lowest BCUT2D eigenvalue weighted by atomic mass is 10.0. The number of hydrogen-bond donors (Lipinski definition) is 0. The van der Waals surface area contributed by atoms with Crippen LogP contribution in [0.3, 0.4) is 0 Å². The van der Waals surface area contributed by atoms with Crippen LogP contribution in [0.25, 0.3) is 11.1 Å². The summed E-state index contributed by atoms with van der Waals surface area (Å²) in [6.45, 7) is 1.78. The van der Waals surface area contributed by atoms with E-state index in [9.17, 15) is 13.6 Å². The van der Waals surface area contributed by atoms with Gasteiger partial charge in [0.1, 0.15) is 0 Å². The molecule has 0 saturated heterocycles. The normalized spacial score (nSPS) is 10.5. The van der Waals surface area contributed by atoms with Crippen LogP contribution < -0.4 is 0 Å². The van der Waals surface area contributed by atoms with Gasteiger partial charge in [-0.25, -0.2) is 8.78 Å². The van der Waals surface area contributed by atoms with Gasteiger partial charge in [-0.1, -0.05) is 42.8 Å². The minimum absolute atomic E-state index is 0.0305. The van der Waals surface area contributed by atoms with Gasteiger partial charge in [0.25, 0.3) is 0 Å². The van der Waals surface area contributed by atoms with E-state index < -0.39 is 11.6 Å². The van der Waals surface area contributed by atoms with E-state index in [1.807, 2.05) is 0 Å². The third kappa shape index (κ3) is 2.82. The lowest BCUT2D eigenvalue weighted by molar-refractivity contribution is 0.0988. The number of carbonyl (C=O) groups is 1. The average molecular weight is 281 g/mol. The SMILES string of the molecule is CCC(=O)c1ccc(-c2cc(F)c(F)cc2Cl)cc1. The molecule has 2 aromatic rings. The molecule has 0 amide bonds. The number of carbonyl (C=O) groups excluding carboxylic acids is 1. The highest BCUT2D eigenvalue weighted by Gasteiger charge is 2.11. The van der Waals surface area contributed by atoms with E-state index in [0.717, 1.165) is 12.1 Å². The van der Waals surface area contributed by atoms with E-state index in [4.69, 9.17) is 11.6 Å². The molecule has 0 aliphatic carbocycles. The van der Waals surface area contributed by atoms with Crippen LogP contribution in [0.5, 0.6) is 0 Å². The summed E-state index contributed by atoms with van der Waals surface area (Å²) in [6.07, 6.45) is 0.422. The molecule has 2 aromatic carbocycles. The highest BCUT2D eigenvalue weighted by Crippen LogP contribution is 2.30. The monoisotopic (exact) mass is 280 g/mol. The van der Waals surface area contributed by atoms with Gasteiger partial charge in [0.05, 0.1) is 5.02 Å². The first-order valence-electron chi connectivity index (χ1n) is 5.81. The minimum atomic E-state index is -0.980. The molecule has 0 aliphatic heterocycles. The summed E-state index contributed by atoms with van der Waals surface area (Å²) in [5, 5.41) is 0.133. The van der Waals surface area contributed by atoms with E-state index in [1.165, 1.54) is 0 Å². The van der Waals surface area contributed by atoms with E-state index in [0.29, 0.717) is 23.1 Å². The Hall–Kier alpha value is -1.74. The van der Waals surface area contributed by atoms with Crippen molar-refractivity contribution in [1.82, 2.24) is 0 Å². The predicted molar refractivity (Wildman–Crippen MR) is 71.4 cm³/mol. The molecule has 98 valence electrons. The second-order valence-corrected chi connectivity index (χ2v) is 4.51. The van der Waals surface area contributed by atoms with Crippen molar-refractivity contribution in [2.45, 2.75) is 13.3 Å². The first-order valence-corrected chi connectivity index (χ1v) is 6.19. The highest BCUT2D eigenvalue weighted by atomic mass is 35.5. The Labute approximate surface area is 114 Å². The number of benzene rings is 2. The molecule has 0 N–H and O–H groups in total. The molecular weight excluding hydrogens is 270 g/mol. The average Bonchev–Trinajstić information content (AvgIpc) is 2.42. The maximum atomic E-state index is 13.2. The van der Waals surface area contributed by atoms with Crippen molar-refractivity contribution in [3.63, 3.8) is 0 Å². The molecule has 0 aromatic heterocycles. The molecule has 2 rings (SSSR count). The zero-order chi connectivity index (χ0) is 14.0. The standard InChI is InChI=1S/C15H11ClF2O/c1-2-15(19)10-5-3-9(4-6-10)11-7-13(17)14(18)8-12(11)16/h3-8H,2H2,1H3. The van der Waals surface area contributed by atoms with Gasteiger partial charge < -0.3 is 0 Å². The second-order valence-electron chi connectivity index (χ2n) is 4.10. The van der Waals surface area contributed by atoms with Crippen LogP contribution >= 0.6 is 11.6 Å². The first-order chi connectivity index (χ1) is 9.02. The first kappa shape index (κ1) is 13.7. The third-order valence-corrected chi connectivity index (χ3v) is 3.16. The van der Waals surface area contributed by atoms with E-state index in [2.05, 4.69) is 0 Å². The summed E-state index contributed by atoms with van der Waals surface area (Å²) >= 11 is 5.89. The van der Waals surface area contributed by atoms with Gasteiger partial charge in [-0.2, -0.15) is 0 Å². The Bertz CT molecular complexity index is 621. The van der Waals surface area contributed by atoms with E-state index >= 15 is 0 Å². The number of hydrogen-bond acceptors (Lipinski definition) is 1. The highest BCUT2D eigenvalue weighted by molar-refractivity contribution is 6.33. The van der Waals surface area contributed by atoms with Gasteiger partial charge in [0, 0.05) is 17.5 Å². The van der Waals surface area contributed by atoms with Gasteiger partial charge in [-0.3, -0.25) is 4.79 Å². The van der Waals surface area contributed by atoms with Crippen LogP contribution in [0.2, 0.25) is 5.02 Å². The van der Waals surface area contributed by atoms with Gasteiger partial charge in [-0.15, -0.1) is 0 Å². The maximum Gasteiger partial charge on any atom is 0.162 e. The molecule has 0 radical (unpaired) electrons. The molecule has 0 heterocycles. The molecule has 0 unspecified atom stereocenters.